The van der Waals surface area contributed by atoms with E-state index in [9.17, 15) is 19.2 Å². The van der Waals surface area contributed by atoms with E-state index in [1.807, 2.05) is 29.2 Å². The standard InChI is InChI=1S/C24H35N5O5/c1-4-34-24(33)28-13-11-27(12-14-28)16-22(31)29-10-9-25-23(32)20(29)15-21(30)26-19-7-5-18(6-8-19)17(2)3/h5-8,17,20H,4,9-16H2,1-3H3,(H,25,32)(H,26,30). The summed E-state index contributed by atoms with van der Waals surface area (Å²) in [5.74, 6) is -0.445. The fraction of sp³-hybridized carbons (Fsp3) is 0.583. The van der Waals surface area contributed by atoms with E-state index in [4.69, 9.17) is 4.74 Å². The molecule has 2 saturated heterocycles. The summed E-state index contributed by atoms with van der Waals surface area (Å²) in [6.07, 6.45) is -0.453. The van der Waals surface area contributed by atoms with Crippen LogP contribution in [-0.4, -0.2) is 97.0 Å². The second-order valence-electron chi connectivity index (χ2n) is 8.89. The largest absolute Gasteiger partial charge is 0.450 e. The van der Waals surface area contributed by atoms with Gasteiger partial charge in [0.15, 0.2) is 0 Å². The minimum Gasteiger partial charge on any atom is -0.450 e. The molecule has 0 bridgehead atoms. The van der Waals surface area contributed by atoms with Gasteiger partial charge in [0.2, 0.25) is 17.7 Å². The maximum atomic E-state index is 13.0. The summed E-state index contributed by atoms with van der Waals surface area (Å²) >= 11 is 0. The summed E-state index contributed by atoms with van der Waals surface area (Å²) in [5.41, 5.74) is 1.83. The molecule has 10 heteroatoms. The van der Waals surface area contributed by atoms with Gasteiger partial charge in [-0.15, -0.1) is 0 Å². The Kier molecular flexibility index (Phi) is 8.86. The van der Waals surface area contributed by atoms with Crippen molar-refractivity contribution in [3.05, 3.63) is 29.8 Å². The zero-order chi connectivity index (χ0) is 24.7. The fourth-order valence-corrected chi connectivity index (χ4v) is 4.14. The molecule has 1 unspecified atom stereocenters. The summed E-state index contributed by atoms with van der Waals surface area (Å²) in [4.78, 5) is 55.2. The minimum atomic E-state index is -0.850. The molecule has 2 N–H and O–H groups in total. The van der Waals surface area contributed by atoms with Crippen molar-refractivity contribution in [2.45, 2.75) is 39.2 Å². The quantitative estimate of drug-likeness (QED) is 0.616. The summed E-state index contributed by atoms with van der Waals surface area (Å²) in [5, 5.41) is 5.58. The van der Waals surface area contributed by atoms with Crippen molar-refractivity contribution in [3.8, 4) is 0 Å². The van der Waals surface area contributed by atoms with E-state index in [0.717, 1.165) is 0 Å². The molecule has 3 rings (SSSR count). The SMILES string of the molecule is CCOC(=O)N1CCN(CC(=O)N2CCNC(=O)C2CC(=O)Nc2ccc(C(C)C)cc2)CC1. The lowest BCUT2D eigenvalue weighted by Crippen LogP contribution is -2.60. The zero-order valence-corrected chi connectivity index (χ0v) is 20.2. The average molecular weight is 474 g/mol. The summed E-state index contributed by atoms with van der Waals surface area (Å²) in [6, 6.07) is 6.76. The highest BCUT2D eigenvalue weighted by Gasteiger charge is 2.35. The number of benzene rings is 1. The molecular formula is C24H35N5O5. The lowest BCUT2D eigenvalue weighted by molar-refractivity contribution is -0.145. The molecule has 0 aromatic heterocycles. The molecule has 10 nitrogen and oxygen atoms in total. The van der Waals surface area contributed by atoms with Gasteiger partial charge >= 0.3 is 6.09 Å². The highest BCUT2D eigenvalue weighted by molar-refractivity contribution is 5.97. The third-order valence-corrected chi connectivity index (χ3v) is 6.15. The van der Waals surface area contributed by atoms with E-state index in [1.165, 1.54) is 10.5 Å². The number of carbonyl (C=O) groups excluding carboxylic acids is 4. The second kappa shape index (κ2) is 11.8. The first-order valence-electron chi connectivity index (χ1n) is 11.9. The van der Waals surface area contributed by atoms with E-state index in [-0.39, 0.29) is 36.8 Å². The number of amides is 4. The second-order valence-corrected chi connectivity index (χ2v) is 8.89. The van der Waals surface area contributed by atoms with Gasteiger partial charge in [-0.2, -0.15) is 0 Å². The molecule has 0 radical (unpaired) electrons. The Hall–Kier alpha value is -3.14. The van der Waals surface area contributed by atoms with Gasteiger partial charge in [-0.1, -0.05) is 26.0 Å². The van der Waals surface area contributed by atoms with Crippen molar-refractivity contribution in [3.63, 3.8) is 0 Å². The first-order valence-corrected chi connectivity index (χ1v) is 11.9. The van der Waals surface area contributed by atoms with Crippen LogP contribution in [0.25, 0.3) is 0 Å². The predicted octanol–water partition coefficient (Wildman–Crippen LogP) is 1.24. The number of hydrogen-bond donors (Lipinski definition) is 2. The molecule has 4 amide bonds. The van der Waals surface area contributed by atoms with Crippen LogP contribution in [0.1, 0.15) is 38.7 Å². The van der Waals surface area contributed by atoms with E-state index >= 15 is 0 Å². The Labute approximate surface area is 200 Å². The van der Waals surface area contributed by atoms with Crippen LogP contribution < -0.4 is 10.6 Å². The van der Waals surface area contributed by atoms with E-state index in [2.05, 4.69) is 24.5 Å². The molecule has 1 atom stereocenters. The van der Waals surface area contributed by atoms with Crippen molar-refractivity contribution in [1.82, 2.24) is 20.0 Å². The van der Waals surface area contributed by atoms with Crippen LogP contribution in [0.15, 0.2) is 24.3 Å². The number of ether oxygens (including phenoxy) is 1. The molecule has 186 valence electrons. The molecule has 2 aliphatic heterocycles. The molecular weight excluding hydrogens is 438 g/mol. The number of carbonyl (C=O) groups is 4. The topological polar surface area (TPSA) is 111 Å². The number of anilines is 1. The predicted molar refractivity (Wildman–Crippen MR) is 127 cm³/mol. The Balaban J connectivity index is 1.54. The summed E-state index contributed by atoms with van der Waals surface area (Å²) < 4.78 is 5.03. The van der Waals surface area contributed by atoms with Crippen LogP contribution in [0.5, 0.6) is 0 Å². The number of rotatable bonds is 7. The number of nitrogens with one attached hydrogen (secondary N) is 2. The van der Waals surface area contributed by atoms with Gasteiger partial charge in [-0.05, 0) is 30.5 Å². The summed E-state index contributed by atoms with van der Waals surface area (Å²) in [7, 11) is 0. The van der Waals surface area contributed by atoms with Crippen molar-refractivity contribution in [2.24, 2.45) is 0 Å². The molecule has 2 fully saturated rings. The molecule has 2 heterocycles. The molecule has 1 aromatic rings. The van der Waals surface area contributed by atoms with E-state index in [0.29, 0.717) is 57.5 Å². The van der Waals surface area contributed by atoms with Crippen molar-refractivity contribution in [2.75, 3.05) is 57.7 Å². The Bertz CT molecular complexity index is 880. The maximum absolute atomic E-state index is 13.0. The van der Waals surface area contributed by atoms with Crippen molar-refractivity contribution < 1.29 is 23.9 Å². The van der Waals surface area contributed by atoms with Gasteiger partial charge in [0.1, 0.15) is 6.04 Å². The Morgan fingerprint density at radius 2 is 1.76 bits per heavy atom. The van der Waals surface area contributed by atoms with Crippen LogP contribution in [0.4, 0.5) is 10.5 Å². The zero-order valence-electron chi connectivity index (χ0n) is 20.2. The number of piperazine rings is 2. The van der Waals surface area contributed by atoms with Crippen LogP contribution >= 0.6 is 0 Å². The van der Waals surface area contributed by atoms with E-state index in [1.54, 1.807) is 11.8 Å². The Morgan fingerprint density at radius 1 is 1.09 bits per heavy atom. The third-order valence-electron chi connectivity index (χ3n) is 6.15. The first-order chi connectivity index (χ1) is 16.3. The smallest absolute Gasteiger partial charge is 0.409 e. The normalized spacial score (nSPS) is 19.1. The molecule has 2 aliphatic rings. The monoisotopic (exact) mass is 473 g/mol. The molecule has 1 aromatic carbocycles. The first kappa shape index (κ1) is 25.5. The average Bonchev–Trinajstić information content (AvgIpc) is 2.81. The maximum Gasteiger partial charge on any atom is 0.409 e. The molecule has 0 saturated carbocycles. The number of nitrogens with zero attached hydrogens (tertiary/aromatic N) is 3. The van der Waals surface area contributed by atoms with E-state index < -0.39 is 6.04 Å². The van der Waals surface area contributed by atoms with Gasteiger partial charge in [0, 0.05) is 45.0 Å². The van der Waals surface area contributed by atoms with Crippen LogP contribution in [0.3, 0.4) is 0 Å². The lowest BCUT2D eigenvalue weighted by Gasteiger charge is -2.38. The van der Waals surface area contributed by atoms with Gasteiger partial charge < -0.3 is 25.2 Å². The Morgan fingerprint density at radius 3 is 2.38 bits per heavy atom. The van der Waals surface area contributed by atoms with Crippen molar-refractivity contribution >= 4 is 29.5 Å². The molecule has 0 spiro atoms. The summed E-state index contributed by atoms with van der Waals surface area (Å²) in [6.45, 7) is 9.19. The van der Waals surface area contributed by atoms with Gasteiger partial charge in [0.05, 0.1) is 19.6 Å². The van der Waals surface area contributed by atoms with Crippen LogP contribution in [-0.2, 0) is 19.1 Å². The van der Waals surface area contributed by atoms with Gasteiger partial charge in [0.25, 0.3) is 0 Å². The van der Waals surface area contributed by atoms with Crippen molar-refractivity contribution in [1.29, 1.82) is 0 Å². The fourth-order valence-electron chi connectivity index (χ4n) is 4.14. The minimum absolute atomic E-state index is 0.111. The highest BCUT2D eigenvalue weighted by Crippen LogP contribution is 2.18. The highest BCUT2D eigenvalue weighted by atomic mass is 16.6. The lowest BCUT2D eigenvalue weighted by atomic mass is 10.0. The van der Waals surface area contributed by atoms with Crippen LogP contribution in [0, 0.1) is 0 Å². The van der Waals surface area contributed by atoms with Gasteiger partial charge in [-0.3, -0.25) is 19.3 Å². The molecule has 0 aliphatic carbocycles. The van der Waals surface area contributed by atoms with Crippen LogP contribution in [0.2, 0.25) is 0 Å². The third kappa shape index (κ3) is 6.69. The van der Waals surface area contributed by atoms with Gasteiger partial charge in [-0.25, -0.2) is 4.79 Å². The molecule has 34 heavy (non-hydrogen) atoms. The number of hydrogen-bond acceptors (Lipinski definition) is 6.